The summed E-state index contributed by atoms with van der Waals surface area (Å²) in [6, 6.07) is 15.4. The molecule has 8 nitrogen and oxygen atoms in total. The fourth-order valence-electron chi connectivity index (χ4n) is 4.81. The van der Waals surface area contributed by atoms with Crippen molar-refractivity contribution in [3.8, 4) is 11.1 Å². The molecule has 8 heteroatoms. The molecule has 180 valence electrons. The lowest BCUT2D eigenvalue weighted by Gasteiger charge is -2.21. The lowest BCUT2D eigenvalue weighted by molar-refractivity contribution is -0.149. The van der Waals surface area contributed by atoms with Crippen LogP contribution in [0.3, 0.4) is 0 Å². The smallest absolute Gasteiger partial charge is 0.407 e. The Kier molecular flexibility index (Phi) is 7.47. The SMILES string of the molecule is CCC[C@@H](NC(=O)OCC1c2ccccc2-c2ccccc21)C(=O)NC[C@H]1CCO[C@H]1C(=O)O. The van der Waals surface area contributed by atoms with Crippen LogP contribution in [0.1, 0.15) is 43.2 Å². The van der Waals surface area contributed by atoms with Crippen molar-refractivity contribution in [2.75, 3.05) is 19.8 Å². The summed E-state index contributed by atoms with van der Waals surface area (Å²) in [7, 11) is 0. The van der Waals surface area contributed by atoms with E-state index in [1.54, 1.807) is 0 Å². The van der Waals surface area contributed by atoms with Gasteiger partial charge in [0.2, 0.25) is 5.91 Å². The lowest BCUT2D eigenvalue weighted by atomic mass is 9.98. The third-order valence-electron chi connectivity index (χ3n) is 6.53. The Morgan fingerprint density at radius 3 is 2.35 bits per heavy atom. The summed E-state index contributed by atoms with van der Waals surface area (Å²) >= 11 is 0. The maximum Gasteiger partial charge on any atom is 0.407 e. The van der Waals surface area contributed by atoms with Gasteiger partial charge < -0.3 is 25.2 Å². The zero-order valence-electron chi connectivity index (χ0n) is 19.2. The van der Waals surface area contributed by atoms with Gasteiger partial charge in [-0.3, -0.25) is 4.79 Å². The van der Waals surface area contributed by atoms with Crippen LogP contribution in [0.15, 0.2) is 48.5 Å². The van der Waals surface area contributed by atoms with E-state index in [4.69, 9.17) is 9.47 Å². The molecule has 1 fully saturated rings. The molecule has 0 saturated carbocycles. The van der Waals surface area contributed by atoms with Gasteiger partial charge in [-0.1, -0.05) is 61.9 Å². The van der Waals surface area contributed by atoms with Crippen molar-refractivity contribution < 1.29 is 29.0 Å². The monoisotopic (exact) mass is 466 g/mol. The number of hydrogen-bond donors (Lipinski definition) is 3. The van der Waals surface area contributed by atoms with Crippen LogP contribution in [0.25, 0.3) is 11.1 Å². The molecule has 1 saturated heterocycles. The second-order valence-corrected chi connectivity index (χ2v) is 8.73. The molecule has 1 aliphatic heterocycles. The maximum atomic E-state index is 12.7. The quantitative estimate of drug-likeness (QED) is 0.523. The minimum Gasteiger partial charge on any atom is -0.479 e. The van der Waals surface area contributed by atoms with Crippen molar-refractivity contribution >= 4 is 18.0 Å². The van der Waals surface area contributed by atoms with Gasteiger partial charge in [0, 0.05) is 25.0 Å². The highest BCUT2D eigenvalue weighted by Crippen LogP contribution is 2.44. The molecule has 4 rings (SSSR count). The topological polar surface area (TPSA) is 114 Å². The lowest BCUT2D eigenvalue weighted by Crippen LogP contribution is -2.48. The number of aliphatic carboxylic acids is 1. The highest BCUT2D eigenvalue weighted by Gasteiger charge is 2.35. The number of carboxylic acid groups (broad SMARTS) is 1. The minimum atomic E-state index is -1.03. The summed E-state index contributed by atoms with van der Waals surface area (Å²) in [6.45, 7) is 2.63. The van der Waals surface area contributed by atoms with Gasteiger partial charge in [-0.15, -0.1) is 0 Å². The molecule has 3 atom stereocenters. The molecule has 0 spiro atoms. The van der Waals surface area contributed by atoms with Gasteiger partial charge in [-0.25, -0.2) is 9.59 Å². The molecule has 0 aromatic heterocycles. The Morgan fingerprint density at radius 2 is 1.74 bits per heavy atom. The molecule has 0 bridgehead atoms. The zero-order chi connectivity index (χ0) is 24.1. The average Bonchev–Trinajstić information content (AvgIpc) is 3.44. The summed E-state index contributed by atoms with van der Waals surface area (Å²) in [5.41, 5.74) is 4.52. The second-order valence-electron chi connectivity index (χ2n) is 8.73. The first-order valence-electron chi connectivity index (χ1n) is 11.7. The Bertz CT molecular complexity index is 1010. The number of hydrogen-bond acceptors (Lipinski definition) is 5. The number of carbonyl (C=O) groups excluding carboxylic acids is 2. The first-order valence-corrected chi connectivity index (χ1v) is 11.7. The number of rotatable bonds is 9. The highest BCUT2D eigenvalue weighted by atomic mass is 16.5. The summed E-state index contributed by atoms with van der Waals surface area (Å²) in [5, 5.41) is 14.7. The van der Waals surface area contributed by atoms with Gasteiger partial charge in [0.1, 0.15) is 12.6 Å². The van der Waals surface area contributed by atoms with Crippen LogP contribution in [0, 0.1) is 5.92 Å². The Labute approximate surface area is 198 Å². The number of benzene rings is 2. The van der Waals surface area contributed by atoms with E-state index in [9.17, 15) is 19.5 Å². The van der Waals surface area contributed by atoms with Crippen LogP contribution < -0.4 is 10.6 Å². The van der Waals surface area contributed by atoms with Gasteiger partial charge in [0.15, 0.2) is 6.10 Å². The van der Waals surface area contributed by atoms with Crippen molar-refractivity contribution in [1.29, 1.82) is 0 Å². The van der Waals surface area contributed by atoms with Crippen LogP contribution in [-0.2, 0) is 19.1 Å². The number of fused-ring (bicyclic) bond motifs is 3. The van der Waals surface area contributed by atoms with E-state index < -0.39 is 24.2 Å². The first kappa shape index (κ1) is 23.8. The number of amides is 2. The Hall–Kier alpha value is -3.39. The molecule has 0 radical (unpaired) electrons. The standard InChI is InChI=1S/C26H30N2O6/c1-2-7-22(24(29)27-14-16-12-13-33-23(16)25(30)31)28-26(32)34-15-21-19-10-5-3-8-17(19)18-9-4-6-11-20(18)21/h3-6,8-11,16,21-23H,2,7,12-15H2,1H3,(H,27,29)(H,28,32)(H,30,31)/t16-,22-,23-/m1/s1. The van der Waals surface area contributed by atoms with E-state index in [1.165, 1.54) is 0 Å². The van der Waals surface area contributed by atoms with Crippen molar-refractivity contribution in [2.24, 2.45) is 5.92 Å². The van der Waals surface area contributed by atoms with Gasteiger partial charge >= 0.3 is 12.1 Å². The van der Waals surface area contributed by atoms with E-state index in [0.717, 1.165) is 22.3 Å². The molecule has 34 heavy (non-hydrogen) atoms. The Balaban J connectivity index is 1.33. The van der Waals surface area contributed by atoms with Crippen molar-refractivity contribution in [3.63, 3.8) is 0 Å². The normalized spacial score (nSPS) is 19.7. The van der Waals surface area contributed by atoms with Crippen LogP contribution in [0.4, 0.5) is 4.79 Å². The van der Waals surface area contributed by atoms with Crippen LogP contribution >= 0.6 is 0 Å². The molecule has 1 heterocycles. The predicted octanol–water partition coefficient (Wildman–Crippen LogP) is 3.30. The molecular weight excluding hydrogens is 436 g/mol. The fourth-order valence-corrected chi connectivity index (χ4v) is 4.81. The van der Waals surface area contributed by atoms with Gasteiger partial charge in [0.05, 0.1) is 0 Å². The molecule has 1 aliphatic carbocycles. The minimum absolute atomic E-state index is 0.0630. The van der Waals surface area contributed by atoms with Crippen LogP contribution in [0.2, 0.25) is 0 Å². The highest BCUT2D eigenvalue weighted by molar-refractivity contribution is 5.86. The van der Waals surface area contributed by atoms with E-state index in [2.05, 4.69) is 22.8 Å². The second kappa shape index (κ2) is 10.7. The third-order valence-corrected chi connectivity index (χ3v) is 6.53. The molecule has 3 N–H and O–H groups in total. The van der Waals surface area contributed by atoms with E-state index in [0.29, 0.717) is 25.9 Å². The molecule has 2 aromatic rings. The summed E-state index contributed by atoms with van der Waals surface area (Å²) in [6.07, 6.45) is 0.129. The summed E-state index contributed by atoms with van der Waals surface area (Å²) in [5.74, 6) is -1.74. The van der Waals surface area contributed by atoms with Crippen molar-refractivity contribution in [1.82, 2.24) is 10.6 Å². The number of alkyl carbamates (subject to hydrolysis) is 1. The number of ether oxygens (including phenoxy) is 2. The molecule has 2 aromatic carbocycles. The predicted molar refractivity (Wildman–Crippen MR) is 125 cm³/mol. The van der Waals surface area contributed by atoms with E-state index >= 15 is 0 Å². The van der Waals surface area contributed by atoms with Crippen LogP contribution in [-0.4, -0.2) is 55.0 Å². The van der Waals surface area contributed by atoms with E-state index in [-0.39, 0.29) is 30.9 Å². The third kappa shape index (κ3) is 5.07. The van der Waals surface area contributed by atoms with E-state index in [1.807, 2.05) is 43.3 Å². The number of carbonyl (C=O) groups is 3. The van der Waals surface area contributed by atoms with Gasteiger partial charge in [0.25, 0.3) is 0 Å². The molecule has 0 unspecified atom stereocenters. The molecular formula is C26H30N2O6. The molecule has 2 aliphatic rings. The molecule has 2 amide bonds. The largest absolute Gasteiger partial charge is 0.479 e. The van der Waals surface area contributed by atoms with Gasteiger partial charge in [-0.2, -0.15) is 0 Å². The maximum absolute atomic E-state index is 12.7. The number of carboxylic acids is 1. The van der Waals surface area contributed by atoms with Gasteiger partial charge in [-0.05, 0) is 35.1 Å². The van der Waals surface area contributed by atoms with Crippen molar-refractivity contribution in [2.45, 2.75) is 44.2 Å². The first-order chi connectivity index (χ1) is 16.5. The van der Waals surface area contributed by atoms with Crippen LogP contribution in [0.5, 0.6) is 0 Å². The average molecular weight is 467 g/mol. The zero-order valence-corrected chi connectivity index (χ0v) is 19.2. The summed E-state index contributed by atoms with van der Waals surface area (Å²) < 4.78 is 10.8. The number of nitrogens with one attached hydrogen (secondary N) is 2. The Morgan fingerprint density at radius 1 is 1.09 bits per heavy atom. The van der Waals surface area contributed by atoms with Crippen molar-refractivity contribution in [3.05, 3.63) is 59.7 Å². The fraction of sp³-hybridized carbons (Fsp3) is 0.423. The summed E-state index contributed by atoms with van der Waals surface area (Å²) in [4.78, 5) is 36.6.